The van der Waals surface area contributed by atoms with E-state index in [0.29, 0.717) is 45.2 Å². The lowest BCUT2D eigenvalue weighted by molar-refractivity contribution is 0.330. The number of hydrogen-bond donors (Lipinski definition) is 0. The van der Waals surface area contributed by atoms with Gasteiger partial charge in [-0.05, 0) is 18.2 Å². The molecule has 12 nitrogen and oxygen atoms in total. The molecule has 0 radical (unpaired) electrons. The number of methoxy groups -OCH3 is 2. The van der Waals surface area contributed by atoms with Gasteiger partial charge in [0.25, 0.3) is 10.1 Å². The molecule has 4 aromatic rings. The Labute approximate surface area is 210 Å². The number of nitrogens with zero attached hydrogens (tertiary/aromatic N) is 5. The van der Waals surface area contributed by atoms with E-state index in [-0.39, 0.29) is 13.2 Å². The number of fused-ring (bicyclic) bond motifs is 1. The zero-order valence-electron chi connectivity index (χ0n) is 19.5. The van der Waals surface area contributed by atoms with Crippen molar-refractivity contribution >= 4 is 43.8 Å². The molecule has 14 heteroatoms. The largest absolute Gasteiger partial charge is 0.754 e. The molecule has 4 rings (SSSR count). The number of anilines is 2. The van der Waals surface area contributed by atoms with Crippen LogP contribution in [0.5, 0.6) is 11.5 Å². The smallest absolute Gasteiger partial charge is 0.264 e. The third-order valence-corrected chi connectivity index (χ3v) is 6.21. The molecule has 0 N–H and O–H groups in total. The van der Waals surface area contributed by atoms with Gasteiger partial charge in [-0.2, -0.15) is 17.6 Å². The highest BCUT2D eigenvalue weighted by atomic mass is 32.2. The Morgan fingerprint density at radius 2 is 1.75 bits per heavy atom. The number of ether oxygens (including phenoxy) is 2. The Bertz CT molecular complexity index is 1500. The molecule has 0 saturated carbocycles. The summed E-state index contributed by atoms with van der Waals surface area (Å²) in [7, 11) is -0.565. The van der Waals surface area contributed by atoms with E-state index in [9.17, 15) is 17.2 Å². The first kappa shape index (κ1) is 25.5. The lowest BCUT2D eigenvalue weighted by Gasteiger charge is -2.26. The first-order chi connectivity index (χ1) is 17.2. The maximum Gasteiger partial charge on any atom is 0.264 e. The van der Waals surface area contributed by atoms with Crippen LogP contribution in [0.25, 0.3) is 22.3 Å². The minimum Gasteiger partial charge on any atom is -0.754 e. The monoisotopic (exact) mass is 532 g/mol. The fourth-order valence-corrected chi connectivity index (χ4v) is 4.16. The van der Waals surface area contributed by atoms with Crippen LogP contribution in [0.1, 0.15) is 0 Å². The van der Waals surface area contributed by atoms with Crippen LogP contribution in [-0.2, 0) is 25.6 Å². The van der Waals surface area contributed by atoms with Crippen LogP contribution >= 0.6 is 0 Å². The summed E-state index contributed by atoms with van der Waals surface area (Å²) in [6, 6.07) is 10.7. The van der Waals surface area contributed by atoms with Gasteiger partial charge in [-0.15, -0.1) is 0 Å². The van der Waals surface area contributed by atoms with E-state index >= 15 is 0 Å². The van der Waals surface area contributed by atoms with Gasteiger partial charge in [0.05, 0.1) is 67.5 Å². The van der Waals surface area contributed by atoms with Crippen molar-refractivity contribution in [1.82, 2.24) is 19.2 Å². The van der Waals surface area contributed by atoms with Crippen molar-refractivity contribution in [3.63, 3.8) is 0 Å². The fraction of sp³-hybridized carbons (Fsp3) is 0.227. The standard InChI is InChI=1S/C22H23N5O7S2/c1-32-18-8-17(9-19(11-18)33-2)26(6-7-34-36(3,30)31)16-4-5-20-21(10-16)25-22(13-23-20)15-12-24-27(14-15)35(28)29/h4-5,8-14H,6-7H2,1-3H3,(H,28,29)/p-1. The van der Waals surface area contributed by atoms with Crippen molar-refractivity contribution in [2.24, 2.45) is 0 Å². The average molecular weight is 533 g/mol. The summed E-state index contributed by atoms with van der Waals surface area (Å²) in [5.41, 5.74) is 3.41. The number of aromatic nitrogens is 4. The molecule has 190 valence electrons. The number of rotatable bonds is 10. The van der Waals surface area contributed by atoms with E-state index in [0.717, 1.165) is 10.3 Å². The van der Waals surface area contributed by atoms with Crippen LogP contribution in [0.3, 0.4) is 0 Å². The molecule has 0 saturated heterocycles. The van der Waals surface area contributed by atoms with E-state index in [1.165, 1.54) is 32.8 Å². The van der Waals surface area contributed by atoms with Crippen molar-refractivity contribution in [1.29, 1.82) is 0 Å². The molecule has 0 amide bonds. The minimum absolute atomic E-state index is 0.104. The molecule has 2 aromatic heterocycles. The van der Waals surface area contributed by atoms with Gasteiger partial charge in [-0.3, -0.25) is 13.4 Å². The Morgan fingerprint density at radius 3 is 2.36 bits per heavy atom. The first-order valence-corrected chi connectivity index (χ1v) is 13.3. The third kappa shape index (κ3) is 5.96. The van der Waals surface area contributed by atoms with Gasteiger partial charge in [0.2, 0.25) is 0 Å². The maximum atomic E-state index is 11.5. The molecule has 1 atom stereocenters. The van der Waals surface area contributed by atoms with Gasteiger partial charge in [-0.25, -0.2) is 4.98 Å². The van der Waals surface area contributed by atoms with Crippen molar-refractivity contribution < 1.29 is 30.8 Å². The molecule has 1 unspecified atom stereocenters. The van der Waals surface area contributed by atoms with Crippen LogP contribution in [0.2, 0.25) is 0 Å². The Hall–Kier alpha value is -3.59. The molecule has 2 heterocycles. The van der Waals surface area contributed by atoms with Gasteiger partial charge < -0.3 is 18.9 Å². The quantitative estimate of drug-likeness (QED) is 0.219. The molecule has 2 aromatic carbocycles. The number of hydrogen-bond acceptors (Lipinski definition) is 11. The van der Waals surface area contributed by atoms with Gasteiger partial charge in [0.15, 0.2) is 0 Å². The molecule has 36 heavy (non-hydrogen) atoms. The maximum absolute atomic E-state index is 11.5. The highest BCUT2D eigenvalue weighted by Gasteiger charge is 2.16. The van der Waals surface area contributed by atoms with Crippen molar-refractivity contribution in [2.45, 2.75) is 0 Å². The van der Waals surface area contributed by atoms with Gasteiger partial charge in [-0.1, -0.05) is 0 Å². The molecule has 0 aliphatic heterocycles. The van der Waals surface area contributed by atoms with Crippen LogP contribution in [0.4, 0.5) is 11.4 Å². The average Bonchev–Trinajstić information content (AvgIpc) is 3.36. The summed E-state index contributed by atoms with van der Waals surface area (Å²) in [4.78, 5) is 10.9. The zero-order valence-corrected chi connectivity index (χ0v) is 21.2. The summed E-state index contributed by atoms with van der Waals surface area (Å²) in [5.74, 6) is 1.10. The second-order valence-electron chi connectivity index (χ2n) is 7.53. The summed E-state index contributed by atoms with van der Waals surface area (Å²) in [5, 5.41) is 3.79. The van der Waals surface area contributed by atoms with Crippen LogP contribution in [0.15, 0.2) is 55.0 Å². The van der Waals surface area contributed by atoms with Gasteiger partial charge in [0.1, 0.15) is 11.5 Å². The summed E-state index contributed by atoms with van der Waals surface area (Å²) >= 11 is -2.53. The van der Waals surface area contributed by atoms with E-state index in [1.807, 2.05) is 11.0 Å². The predicted molar refractivity (Wildman–Crippen MR) is 132 cm³/mol. The second kappa shape index (κ2) is 10.6. The topological polar surface area (TPSA) is 149 Å². The van der Waals surface area contributed by atoms with Crippen molar-refractivity contribution in [2.75, 3.05) is 38.5 Å². The molecule has 0 aliphatic rings. The Morgan fingerprint density at radius 1 is 1.03 bits per heavy atom. The zero-order chi connectivity index (χ0) is 25.9. The Kier molecular flexibility index (Phi) is 7.49. The first-order valence-electron chi connectivity index (χ1n) is 10.4. The highest BCUT2D eigenvalue weighted by molar-refractivity contribution is 7.86. The minimum atomic E-state index is -3.64. The molecule has 0 aliphatic carbocycles. The van der Waals surface area contributed by atoms with E-state index in [1.54, 1.807) is 30.3 Å². The molecule has 0 spiro atoms. The molecule has 0 bridgehead atoms. The Balaban J connectivity index is 1.76. The van der Waals surface area contributed by atoms with Crippen LogP contribution in [0, 0.1) is 0 Å². The lowest BCUT2D eigenvalue weighted by atomic mass is 10.2. The SMILES string of the molecule is COc1cc(OC)cc(N(CCOS(C)(=O)=O)c2ccc3ncc(-c4cnn(S(=O)[O-])c4)nc3c2)c1. The fourth-order valence-electron chi connectivity index (χ4n) is 3.46. The summed E-state index contributed by atoms with van der Waals surface area (Å²) in [6.45, 7) is 0.0811. The molecular formula is C22H22N5O7S2-. The lowest BCUT2D eigenvalue weighted by Crippen LogP contribution is -2.23. The number of benzene rings is 2. The second-order valence-corrected chi connectivity index (χ2v) is 9.98. The predicted octanol–water partition coefficient (Wildman–Crippen LogP) is 2.27. The van der Waals surface area contributed by atoms with E-state index in [2.05, 4.69) is 15.1 Å². The van der Waals surface area contributed by atoms with Crippen molar-refractivity contribution in [3.8, 4) is 22.8 Å². The normalized spacial score (nSPS) is 12.4. The molecular weight excluding hydrogens is 510 g/mol. The third-order valence-electron chi connectivity index (χ3n) is 5.11. The van der Waals surface area contributed by atoms with Crippen molar-refractivity contribution in [3.05, 3.63) is 55.0 Å². The van der Waals surface area contributed by atoms with Gasteiger partial charge in [0, 0.05) is 47.9 Å². The van der Waals surface area contributed by atoms with Crippen LogP contribution < -0.4 is 14.4 Å². The van der Waals surface area contributed by atoms with Crippen LogP contribution in [-0.4, -0.2) is 70.0 Å². The van der Waals surface area contributed by atoms with E-state index < -0.39 is 21.4 Å². The summed E-state index contributed by atoms with van der Waals surface area (Å²) in [6.07, 6.45) is 5.23. The summed E-state index contributed by atoms with van der Waals surface area (Å²) < 4.78 is 61.9. The highest BCUT2D eigenvalue weighted by Crippen LogP contribution is 2.34. The molecule has 0 fully saturated rings. The van der Waals surface area contributed by atoms with E-state index in [4.69, 9.17) is 13.7 Å². The van der Waals surface area contributed by atoms with Gasteiger partial charge >= 0.3 is 0 Å².